The number of anilines is 1. The van der Waals surface area contributed by atoms with Gasteiger partial charge in [-0.25, -0.2) is 10.1 Å². The minimum absolute atomic E-state index is 0.514. The fourth-order valence-electron chi connectivity index (χ4n) is 1.16. The molecular formula is C8H13N3O2S. The molecule has 0 unspecified atom stereocenters. The Bertz CT molecular complexity index is 388. The van der Waals surface area contributed by atoms with E-state index in [0.717, 1.165) is 4.41 Å². The maximum absolute atomic E-state index is 11.2. The molecule has 0 radical (unpaired) electrons. The van der Waals surface area contributed by atoms with E-state index in [1.165, 1.54) is 5.01 Å². The van der Waals surface area contributed by atoms with Gasteiger partial charge in [-0.15, -0.1) is 0 Å². The van der Waals surface area contributed by atoms with Gasteiger partial charge in [0.25, 0.3) is 0 Å². The molecule has 0 saturated carbocycles. The summed E-state index contributed by atoms with van der Waals surface area (Å²) in [6.45, 7) is 0. The normalized spacial score (nSPS) is 11.7. The number of hydrazine groups is 1. The molecule has 0 amide bonds. The Morgan fingerprint density at radius 3 is 2.00 bits per heavy atom. The van der Waals surface area contributed by atoms with E-state index in [2.05, 4.69) is 0 Å². The molecule has 0 aliphatic rings. The molecule has 6 heteroatoms. The highest BCUT2D eigenvalue weighted by Crippen LogP contribution is 2.15. The van der Waals surface area contributed by atoms with Crippen LogP contribution in [0.3, 0.4) is 0 Å². The van der Waals surface area contributed by atoms with E-state index in [1.54, 1.807) is 44.4 Å². The fourth-order valence-corrected chi connectivity index (χ4v) is 2.03. The van der Waals surface area contributed by atoms with E-state index in [-0.39, 0.29) is 0 Å². The number of hydrogen-bond acceptors (Lipinski definition) is 3. The first kappa shape index (κ1) is 11.0. The summed E-state index contributed by atoms with van der Waals surface area (Å²) in [5.74, 6) is 0. The van der Waals surface area contributed by atoms with Crippen LogP contribution in [0.1, 0.15) is 0 Å². The molecule has 0 bridgehead atoms. The van der Waals surface area contributed by atoms with Gasteiger partial charge in [-0.3, -0.25) is 0 Å². The highest BCUT2D eigenvalue weighted by molar-refractivity contribution is 7.90. The monoisotopic (exact) mass is 215 g/mol. The molecule has 0 fully saturated rings. The van der Waals surface area contributed by atoms with Gasteiger partial charge >= 0.3 is 10.2 Å². The van der Waals surface area contributed by atoms with Crippen LogP contribution in [0.25, 0.3) is 0 Å². The van der Waals surface area contributed by atoms with Gasteiger partial charge in [0, 0.05) is 14.1 Å². The van der Waals surface area contributed by atoms with Crippen LogP contribution in [0.15, 0.2) is 30.3 Å². The second-order valence-electron chi connectivity index (χ2n) is 2.97. The largest absolute Gasteiger partial charge is 0.312 e. The summed E-state index contributed by atoms with van der Waals surface area (Å²) in [7, 11) is -0.541. The van der Waals surface area contributed by atoms with Crippen LogP contribution in [-0.2, 0) is 10.2 Å². The molecule has 14 heavy (non-hydrogen) atoms. The number of rotatable bonds is 3. The SMILES string of the molecule is CN(C)N(c1ccccc1)S(N)(=O)=O. The molecule has 1 aromatic carbocycles. The lowest BCUT2D eigenvalue weighted by atomic mass is 10.3. The molecule has 0 spiro atoms. The van der Waals surface area contributed by atoms with E-state index >= 15 is 0 Å². The minimum Gasteiger partial charge on any atom is -0.212 e. The van der Waals surface area contributed by atoms with Crippen LogP contribution in [0.2, 0.25) is 0 Å². The second kappa shape index (κ2) is 3.95. The van der Waals surface area contributed by atoms with Crippen LogP contribution in [-0.4, -0.2) is 27.5 Å². The van der Waals surface area contributed by atoms with Gasteiger partial charge in [-0.2, -0.15) is 12.8 Å². The Morgan fingerprint density at radius 1 is 1.14 bits per heavy atom. The van der Waals surface area contributed by atoms with E-state index in [4.69, 9.17) is 5.14 Å². The number of para-hydroxylation sites is 1. The molecule has 2 N–H and O–H groups in total. The Morgan fingerprint density at radius 2 is 1.64 bits per heavy atom. The van der Waals surface area contributed by atoms with Crippen LogP contribution in [0.4, 0.5) is 5.69 Å². The molecule has 0 heterocycles. The molecule has 5 nitrogen and oxygen atoms in total. The lowest BCUT2D eigenvalue weighted by molar-refractivity contribution is 0.425. The van der Waals surface area contributed by atoms with Crippen LogP contribution < -0.4 is 9.55 Å². The summed E-state index contributed by atoms with van der Waals surface area (Å²) in [5.41, 5.74) is 0.514. The first-order chi connectivity index (χ1) is 6.43. The molecular weight excluding hydrogens is 202 g/mol. The summed E-state index contributed by atoms with van der Waals surface area (Å²) in [6.07, 6.45) is 0. The predicted octanol–water partition coefficient (Wildman–Crippen LogP) is 0.173. The third kappa shape index (κ3) is 2.44. The third-order valence-electron chi connectivity index (χ3n) is 1.58. The molecule has 0 aromatic heterocycles. The van der Waals surface area contributed by atoms with Gasteiger partial charge < -0.3 is 0 Å². The highest BCUT2D eigenvalue weighted by atomic mass is 32.2. The molecule has 1 rings (SSSR count). The second-order valence-corrected chi connectivity index (χ2v) is 4.35. The Labute approximate surface area is 83.9 Å². The summed E-state index contributed by atoms with van der Waals surface area (Å²) in [5, 5.41) is 6.48. The fraction of sp³-hybridized carbons (Fsp3) is 0.250. The molecule has 0 aliphatic heterocycles. The summed E-state index contributed by atoms with van der Waals surface area (Å²) >= 11 is 0. The average Bonchev–Trinajstić information content (AvgIpc) is 2.02. The lowest BCUT2D eigenvalue weighted by Gasteiger charge is -2.27. The highest BCUT2D eigenvalue weighted by Gasteiger charge is 2.19. The first-order valence-electron chi connectivity index (χ1n) is 3.98. The third-order valence-corrected chi connectivity index (χ3v) is 2.60. The zero-order chi connectivity index (χ0) is 10.8. The Kier molecular flexibility index (Phi) is 3.10. The molecule has 0 aliphatic carbocycles. The van der Waals surface area contributed by atoms with Gasteiger partial charge in [0.2, 0.25) is 0 Å². The van der Waals surface area contributed by atoms with Crippen molar-refractivity contribution in [1.29, 1.82) is 0 Å². The summed E-state index contributed by atoms with van der Waals surface area (Å²) < 4.78 is 23.5. The van der Waals surface area contributed by atoms with Crippen molar-refractivity contribution < 1.29 is 8.42 Å². The average molecular weight is 215 g/mol. The van der Waals surface area contributed by atoms with Crippen molar-refractivity contribution in [3.05, 3.63) is 30.3 Å². The quantitative estimate of drug-likeness (QED) is 0.731. The van der Waals surface area contributed by atoms with Crippen molar-refractivity contribution in [1.82, 2.24) is 5.01 Å². The zero-order valence-electron chi connectivity index (χ0n) is 8.08. The predicted molar refractivity (Wildman–Crippen MR) is 55.7 cm³/mol. The van der Waals surface area contributed by atoms with Gasteiger partial charge in [-0.05, 0) is 12.1 Å². The van der Waals surface area contributed by atoms with E-state index < -0.39 is 10.2 Å². The summed E-state index contributed by atoms with van der Waals surface area (Å²) in [4.78, 5) is 0. The topological polar surface area (TPSA) is 66.6 Å². The summed E-state index contributed by atoms with van der Waals surface area (Å²) in [6, 6.07) is 8.64. The standard InChI is InChI=1S/C8H13N3O2S/c1-10(2)11(14(9,12)13)8-6-4-3-5-7-8/h3-7H,1-2H3,(H2,9,12,13). The van der Waals surface area contributed by atoms with Crippen LogP contribution >= 0.6 is 0 Å². The maximum atomic E-state index is 11.2. The number of benzene rings is 1. The number of hydrogen-bond donors (Lipinski definition) is 1. The van der Waals surface area contributed by atoms with Crippen molar-refractivity contribution in [3.63, 3.8) is 0 Å². The molecule has 0 saturated heterocycles. The van der Waals surface area contributed by atoms with Crippen molar-refractivity contribution in [3.8, 4) is 0 Å². The first-order valence-corrected chi connectivity index (χ1v) is 5.48. The smallest absolute Gasteiger partial charge is 0.212 e. The molecule has 1 aromatic rings. The van der Waals surface area contributed by atoms with Crippen molar-refractivity contribution in [2.24, 2.45) is 5.14 Å². The number of nitrogens with two attached hydrogens (primary N) is 1. The maximum Gasteiger partial charge on any atom is 0.312 e. The van der Waals surface area contributed by atoms with Gasteiger partial charge in [0.15, 0.2) is 0 Å². The minimum atomic E-state index is -3.76. The van der Waals surface area contributed by atoms with Crippen LogP contribution in [0, 0.1) is 0 Å². The molecule has 0 atom stereocenters. The molecule has 78 valence electrons. The van der Waals surface area contributed by atoms with Gasteiger partial charge in [0.1, 0.15) is 0 Å². The van der Waals surface area contributed by atoms with Gasteiger partial charge in [-0.1, -0.05) is 18.2 Å². The van der Waals surface area contributed by atoms with E-state index in [1.807, 2.05) is 0 Å². The van der Waals surface area contributed by atoms with Crippen molar-refractivity contribution in [2.75, 3.05) is 18.5 Å². The van der Waals surface area contributed by atoms with Crippen LogP contribution in [0.5, 0.6) is 0 Å². The zero-order valence-corrected chi connectivity index (χ0v) is 8.90. The van der Waals surface area contributed by atoms with E-state index in [9.17, 15) is 8.42 Å². The van der Waals surface area contributed by atoms with E-state index in [0.29, 0.717) is 5.69 Å². The van der Waals surface area contributed by atoms with Crippen molar-refractivity contribution >= 4 is 15.9 Å². The number of nitrogens with zero attached hydrogens (tertiary/aromatic N) is 2. The Hall–Kier alpha value is -1.11. The van der Waals surface area contributed by atoms with Crippen molar-refractivity contribution in [2.45, 2.75) is 0 Å². The van der Waals surface area contributed by atoms with Gasteiger partial charge in [0.05, 0.1) is 5.69 Å². The Balaban J connectivity index is 3.15. The lowest BCUT2D eigenvalue weighted by Crippen LogP contribution is -2.45.